The summed E-state index contributed by atoms with van der Waals surface area (Å²) in [6.07, 6.45) is -0.354. The Morgan fingerprint density at radius 3 is 2.04 bits per heavy atom. The third-order valence-corrected chi connectivity index (χ3v) is 3.92. The molecule has 0 aromatic heterocycles. The lowest BCUT2D eigenvalue weighted by molar-refractivity contribution is -0.384. The number of rotatable bonds is 8. The first-order valence-corrected chi connectivity index (χ1v) is 7.85. The first-order chi connectivity index (χ1) is 12.8. The summed E-state index contributed by atoms with van der Waals surface area (Å²) in [7, 11) is 0. The van der Waals surface area contributed by atoms with Gasteiger partial charge in [0.2, 0.25) is 0 Å². The van der Waals surface area contributed by atoms with E-state index in [2.05, 4.69) is 5.32 Å². The van der Waals surface area contributed by atoms with Crippen LogP contribution >= 0.6 is 0 Å². The molecule has 2 rings (SSSR count). The molecule has 2 unspecified atom stereocenters. The molecule has 9 nitrogen and oxygen atoms in total. The van der Waals surface area contributed by atoms with E-state index in [4.69, 9.17) is 0 Å². The SMILES string of the molecule is O=C(NC(CC(C(=O)O)c1ccccc1)C(=O)O)c1ccc([N+](=O)[O-])cc1. The summed E-state index contributed by atoms with van der Waals surface area (Å²) in [5.74, 6) is -4.48. The van der Waals surface area contributed by atoms with Crippen molar-refractivity contribution in [2.24, 2.45) is 0 Å². The minimum absolute atomic E-state index is 0.0263. The Balaban J connectivity index is 2.16. The molecule has 1 amide bonds. The van der Waals surface area contributed by atoms with E-state index in [0.29, 0.717) is 5.56 Å². The standard InChI is InChI=1S/C18H16N2O7/c21-16(12-6-8-13(9-7-12)20(26)27)19-15(18(24)25)10-14(17(22)23)11-4-2-1-3-5-11/h1-9,14-15H,10H2,(H,19,21)(H,22,23)(H,24,25). The molecular formula is C18H16N2O7. The molecule has 0 aliphatic carbocycles. The summed E-state index contributed by atoms with van der Waals surface area (Å²) in [6, 6.07) is 11.3. The second-order valence-corrected chi connectivity index (χ2v) is 5.71. The number of non-ortho nitro benzene ring substituents is 1. The molecule has 9 heteroatoms. The smallest absolute Gasteiger partial charge is 0.326 e. The van der Waals surface area contributed by atoms with Crippen molar-refractivity contribution in [2.75, 3.05) is 0 Å². The molecular weight excluding hydrogens is 356 g/mol. The van der Waals surface area contributed by atoms with Crippen LogP contribution < -0.4 is 5.32 Å². The van der Waals surface area contributed by atoms with Gasteiger partial charge in [0.15, 0.2) is 0 Å². The Bertz CT molecular complexity index is 850. The van der Waals surface area contributed by atoms with E-state index in [1.54, 1.807) is 30.3 Å². The maximum atomic E-state index is 12.2. The van der Waals surface area contributed by atoms with Crippen molar-refractivity contribution in [1.29, 1.82) is 0 Å². The number of aliphatic carboxylic acids is 2. The monoisotopic (exact) mass is 372 g/mol. The van der Waals surface area contributed by atoms with E-state index in [1.807, 2.05) is 0 Å². The summed E-state index contributed by atoms with van der Waals surface area (Å²) in [4.78, 5) is 45.3. The number of nitrogens with one attached hydrogen (secondary N) is 1. The zero-order valence-electron chi connectivity index (χ0n) is 13.9. The maximum Gasteiger partial charge on any atom is 0.326 e. The van der Waals surface area contributed by atoms with E-state index in [1.165, 1.54) is 12.1 Å². The van der Waals surface area contributed by atoms with Crippen LogP contribution in [0.1, 0.15) is 28.3 Å². The zero-order valence-corrected chi connectivity index (χ0v) is 13.9. The fraction of sp³-hybridized carbons (Fsp3) is 0.167. The summed E-state index contributed by atoms with van der Waals surface area (Å²) in [5, 5.41) is 31.7. The predicted octanol–water partition coefficient (Wildman–Crippen LogP) is 2.04. The molecule has 0 aliphatic heterocycles. The molecule has 140 valence electrons. The van der Waals surface area contributed by atoms with E-state index < -0.39 is 34.7 Å². The van der Waals surface area contributed by atoms with Crippen LogP contribution in [0.4, 0.5) is 5.69 Å². The van der Waals surface area contributed by atoms with Crippen LogP contribution in [0.2, 0.25) is 0 Å². The van der Waals surface area contributed by atoms with Crippen LogP contribution in [0.15, 0.2) is 54.6 Å². The zero-order chi connectivity index (χ0) is 20.0. The van der Waals surface area contributed by atoms with Gasteiger partial charge < -0.3 is 15.5 Å². The van der Waals surface area contributed by atoms with E-state index in [-0.39, 0.29) is 17.7 Å². The van der Waals surface area contributed by atoms with Crippen LogP contribution in [-0.2, 0) is 9.59 Å². The second kappa shape index (κ2) is 8.56. The van der Waals surface area contributed by atoms with Gasteiger partial charge in [0.1, 0.15) is 6.04 Å². The van der Waals surface area contributed by atoms with Gasteiger partial charge in [0.05, 0.1) is 10.8 Å². The van der Waals surface area contributed by atoms with Gasteiger partial charge in [-0.1, -0.05) is 30.3 Å². The first-order valence-electron chi connectivity index (χ1n) is 7.85. The fourth-order valence-electron chi connectivity index (χ4n) is 2.50. The molecule has 3 N–H and O–H groups in total. The molecule has 0 fully saturated rings. The van der Waals surface area contributed by atoms with Gasteiger partial charge in [-0.15, -0.1) is 0 Å². The molecule has 2 aromatic carbocycles. The molecule has 0 saturated carbocycles. The molecule has 27 heavy (non-hydrogen) atoms. The summed E-state index contributed by atoms with van der Waals surface area (Å²) in [6.45, 7) is 0. The van der Waals surface area contributed by atoms with Crippen molar-refractivity contribution in [1.82, 2.24) is 5.32 Å². The van der Waals surface area contributed by atoms with Gasteiger partial charge in [-0.25, -0.2) is 4.79 Å². The summed E-state index contributed by atoms with van der Waals surface area (Å²) < 4.78 is 0. The molecule has 0 heterocycles. The summed E-state index contributed by atoms with van der Waals surface area (Å²) in [5.41, 5.74) is 0.232. The van der Waals surface area contributed by atoms with Crippen molar-refractivity contribution in [3.05, 3.63) is 75.8 Å². The average molecular weight is 372 g/mol. The number of amides is 1. The average Bonchev–Trinajstić information content (AvgIpc) is 2.65. The number of hydrogen-bond acceptors (Lipinski definition) is 5. The number of carbonyl (C=O) groups excluding carboxylic acids is 1. The fourth-order valence-corrected chi connectivity index (χ4v) is 2.50. The van der Waals surface area contributed by atoms with E-state index in [9.17, 15) is 34.7 Å². The minimum atomic E-state index is -1.45. The predicted molar refractivity (Wildman–Crippen MR) is 93.4 cm³/mol. The van der Waals surface area contributed by atoms with Gasteiger partial charge in [-0.3, -0.25) is 19.7 Å². The number of carboxylic acid groups (broad SMARTS) is 2. The van der Waals surface area contributed by atoms with Crippen LogP contribution in [0.3, 0.4) is 0 Å². The molecule has 0 radical (unpaired) electrons. The van der Waals surface area contributed by atoms with Crippen LogP contribution in [0, 0.1) is 10.1 Å². The number of carboxylic acids is 2. The Morgan fingerprint density at radius 2 is 1.56 bits per heavy atom. The first kappa shape index (κ1) is 19.6. The van der Waals surface area contributed by atoms with Crippen LogP contribution in [0.25, 0.3) is 0 Å². The van der Waals surface area contributed by atoms with Crippen molar-refractivity contribution in [2.45, 2.75) is 18.4 Å². The van der Waals surface area contributed by atoms with Crippen molar-refractivity contribution in [3.8, 4) is 0 Å². The van der Waals surface area contributed by atoms with E-state index >= 15 is 0 Å². The van der Waals surface area contributed by atoms with Gasteiger partial charge in [-0.2, -0.15) is 0 Å². The molecule has 2 atom stereocenters. The van der Waals surface area contributed by atoms with Crippen LogP contribution in [0.5, 0.6) is 0 Å². The van der Waals surface area contributed by atoms with E-state index in [0.717, 1.165) is 12.1 Å². The Hall–Kier alpha value is -3.75. The van der Waals surface area contributed by atoms with Crippen molar-refractivity contribution in [3.63, 3.8) is 0 Å². The van der Waals surface area contributed by atoms with Gasteiger partial charge >= 0.3 is 11.9 Å². The topological polar surface area (TPSA) is 147 Å². The lowest BCUT2D eigenvalue weighted by Crippen LogP contribution is -2.42. The lowest BCUT2D eigenvalue weighted by atomic mass is 9.92. The van der Waals surface area contributed by atoms with Crippen molar-refractivity contribution < 1.29 is 29.5 Å². The highest BCUT2D eigenvalue weighted by Gasteiger charge is 2.29. The third kappa shape index (κ3) is 5.11. The molecule has 0 aliphatic rings. The number of hydrogen-bond donors (Lipinski definition) is 3. The summed E-state index contributed by atoms with van der Waals surface area (Å²) >= 11 is 0. The number of benzene rings is 2. The van der Waals surface area contributed by atoms with Crippen LogP contribution in [-0.4, -0.2) is 39.0 Å². The Kier molecular flexibility index (Phi) is 6.21. The Morgan fingerprint density at radius 1 is 0.963 bits per heavy atom. The molecule has 0 spiro atoms. The number of carbonyl (C=O) groups is 3. The molecule has 0 bridgehead atoms. The van der Waals surface area contributed by atoms with Gasteiger partial charge in [-0.05, 0) is 24.1 Å². The third-order valence-electron chi connectivity index (χ3n) is 3.92. The minimum Gasteiger partial charge on any atom is -0.481 e. The lowest BCUT2D eigenvalue weighted by Gasteiger charge is -2.19. The number of nitrogens with zero attached hydrogens (tertiary/aromatic N) is 1. The highest BCUT2D eigenvalue weighted by molar-refractivity contribution is 5.97. The van der Waals surface area contributed by atoms with Gasteiger partial charge in [0.25, 0.3) is 11.6 Å². The Labute approximate surface area is 153 Å². The number of nitro benzene ring substituents is 1. The highest BCUT2D eigenvalue weighted by atomic mass is 16.6. The maximum absolute atomic E-state index is 12.2. The van der Waals surface area contributed by atoms with Gasteiger partial charge in [0, 0.05) is 17.7 Å². The largest absolute Gasteiger partial charge is 0.481 e. The normalized spacial score (nSPS) is 12.6. The number of nitro groups is 1. The molecule has 2 aromatic rings. The van der Waals surface area contributed by atoms with Crippen molar-refractivity contribution >= 4 is 23.5 Å². The highest BCUT2D eigenvalue weighted by Crippen LogP contribution is 2.22. The quantitative estimate of drug-likeness (QED) is 0.474. The second-order valence-electron chi connectivity index (χ2n) is 5.71. The molecule has 0 saturated heterocycles.